The van der Waals surface area contributed by atoms with Crippen LogP contribution in [0.2, 0.25) is 0 Å². The Morgan fingerprint density at radius 3 is 2.74 bits per heavy atom. The molecule has 5 nitrogen and oxygen atoms in total. The maximum atomic E-state index is 11.3. The van der Waals surface area contributed by atoms with Gasteiger partial charge in [0.05, 0.1) is 13.0 Å². The van der Waals surface area contributed by atoms with Gasteiger partial charge < -0.3 is 14.6 Å². The van der Waals surface area contributed by atoms with E-state index in [4.69, 9.17) is 9.47 Å². The van der Waals surface area contributed by atoms with Gasteiger partial charge in [0.25, 0.3) is 0 Å². The minimum absolute atomic E-state index is 0.284. The molecule has 1 aliphatic rings. The number of benzene rings is 2. The molecular formula is C21H24BrNO4. The second-order valence-electron chi connectivity index (χ2n) is 6.78. The van der Waals surface area contributed by atoms with E-state index in [0.717, 1.165) is 35.0 Å². The van der Waals surface area contributed by atoms with Gasteiger partial charge in [0.1, 0.15) is 6.61 Å². The van der Waals surface area contributed by atoms with Crippen molar-refractivity contribution in [2.75, 3.05) is 20.2 Å². The lowest BCUT2D eigenvalue weighted by Crippen LogP contribution is -2.38. The fourth-order valence-electron chi connectivity index (χ4n) is 3.35. The van der Waals surface area contributed by atoms with Crippen molar-refractivity contribution in [1.29, 1.82) is 0 Å². The molecule has 0 spiro atoms. The van der Waals surface area contributed by atoms with Crippen LogP contribution in [-0.2, 0) is 17.9 Å². The zero-order valence-corrected chi connectivity index (χ0v) is 16.9. The zero-order valence-electron chi connectivity index (χ0n) is 15.4. The molecule has 6 heteroatoms. The molecule has 0 radical (unpaired) electrons. The van der Waals surface area contributed by atoms with Gasteiger partial charge in [0.15, 0.2) is 11.5 Å². The molecular weight excluding hydrogens is 410 g/mol. The standard InChI is InChI=1S/C21H24BrNO4/c1-26-19-10-17(13-23-9-5-8-16(12-23)21(24)25)18(22)11-20(19)27-14-15-6-3-2-4-7-15/h2-4,6-7,10-11,16H,5,8-9,12-14H2,1H3,(H,24,25). The summed E-state index contributed by atoms with van der Waals surface area (Å²) in [6, 6.07) is 13.9. The monoisotopic (exact) mass is 433 g/mol. The molecule has 27 heavy (non-hydrogen) atoms. The lowest BCUT2D eigenvalue weighted by molar-refractivity contribution is -0.143. The molecule has 1 saturated heterocycles. The van der Waals surface area contributed by atoms with E-state index in [1.165, 1.54) is 0 Å². The Hall–Kier alpha value is -2.05. The number of carboxylic acid groups (broad SMARTS) is 1. The number of rotatable bonds is 7. The molecule has 2 aromatic rings. The first kappa shape index (κ1) is 19.7. The number of hydrogen-bond acceptors (Lipinski definition) is 4. The van der Waals surface area contributed by atoms with Gasteiger partial charge in [-0.15, -0.1) is 0 Å². The molecule has 1 N–H and O–H groups in total. The summed E-state index contributed by atoms with van der Waals surface area (Å²) < 4.78 is 12.4. The van der Waals surface area contributed by atoms with Crippen LogP contribution in [0.25, 0.3) is 0 Å². The Morgan fingerprint density at radius 2 is 2.04 bits per heavy atom. The van der Waals surface area contributed by atoms with Crippen molar-refractivity contribution in [1.82, 2.24) is 4.90 Å². The van der Waals surface area contributed by atoms with E-state index in [-0.39, 0.29) is 5.92 Å². The predicted molar refractivity (Wildman–Crippen MR) is 107 cm³/mol. The molecule has 3 rings (SSSR count). The number of hydrogen-bond donors (Lipinski definition) is 1. The number of carbonyl (C=O) groups is 1. The number of aliphatic carboxylic acids is 1. The summed E-state index contributed by atoms with van der Waals surface area (Å²) in [5, 5.41) is 9.28. The van der Waals surface area contributed by atoms with E-state index in [9.17, 15) is 9.90 Å². The van der Waals surface area contributed by atoms with Crippen molar-refractivity contribution in [3.63, 3.8) is 0 Å². The number of piperidine rings is 1. The number of likely N-dealkylation sites (tertiary alicyclic amines) is 1. The molecule has 144 valence electrons. The lowest BCUT2D eigenvalue weighted by Gasteiger charge is -2.31. The highest BCUT2D eigenvalue weighted by Gasteiger charge is 2.26. The Balaban J connectivity index is 1.70. The Bertz CT molecular complexity index is 781. The van der Waals surface area contributed by atoms with Crippen LogP contribution >= 0.6 is 15.9 Å². The van der Waals surface area contributed by atoms with Gasteiger partial charge in [0, 0.05) is 17.6 Å². The fraction of sp³-hybridized carbons (Fsp3) is 0.381. The van der Waals surface area contributed by atoms with E-state index in [0.29, 0.717) is 31.2 Å². The van der Waals surface area contributed by atoms with Crippen molar-refractivity contribution in [2.24, 2.45) is 5.92 Å². The van der Waals surface area contributed by atoms with Gasteiger partial charge in [-0.3, -0.25) is 9.69 Å². The second-order valence-corrected chi connectivity index (χ2v) is 7.64. The van der Waals surface area contributed by atoms with Gasteiger partial charge >= 0.3 is 5.97 Å². The minimum Gasteiger partial charge on any atom is -0.493 e. The van der Waals surface area contributed by atoms with Gasteiger partial charge in [-0.25, -0.2) is 0 Å². The number of halogens is 1. The first-order chi connectivity index (χ1) is 13.1. The third-order valence-electron chi connectivity index (χ3n) is 4.82. The number of methoxy groups -OCH3 is 1. The fourth-order valence-corrected chi connectivity index (χ4v) is 3.80. The average Bonchev–Trinajstić information content (AvgIpc) is 2.69. The molecule has 1 fully saturated rings. The smallest absolute Gasteiger partial charge is 0.307 e. The first-order valence-corrected chi connectivity index (χ1v) is 9.84. The van der Waals surface area contributed by atoms with Crippen LogP contribution in [0.1, 0.15) is 24.0 Å². The van der Waals surface area contributed by atoms with Crippen molar-refractivity contribution in [2.45, 2.75) is 26.0 Å². The SMILES string of the molecule is COc1cc(CN2CCCC(C(=O)O)C2)c(Br)cc1OCc1ccccc1. The quantitative estimate of drug-likeness (QED) is 0.703. The van der Waals surface area contributed by atoms with E-state index in [1.807, 2.05) is 42.5 Å². The summed E-state index contributed by atoms with van der Waals surface area (Å²) in [4.78, 5) is 13.5. The molecule has 0 aromatic heterocycles. The molecule has 0 saturated carbocycles. The van der Waals surface area contributed by atoms with Crippen molar-refractivity contribution < 1.29 is 19.4 Å². The highest BCUT2D eigenvalue weighted by Crippen LogP contribution is 2.35. The summed E-state index contributed by atoms with van der Waals surface area (Å²) in [7, 11) is 1.63. The maximum Gasteiger partial charge on any atom is 0.307 e. The Morgan fingerprint density at radius 1 is 1.26 bits per heavy atom. The number of carboxylic acids is 1. The summed E-state index contributed by atoms with van der Waals surface area (Å²) in [5.41, 5.74) is 2.15. The topological polar surface area (TPSA) is 59.0 Å². The molecule has 1 atom stereocenters. The largest absolute Gasteiger partial charge is 0.493 e. The van der Waals surface area contributed by atoms with Crippen LogP contribution < -0.4 is 9.47 Å². The van der Waals surface area contributed by atoms with E-state index < -0.39 is 5.97 Å². The molecule has 0 aliphatic carbocycles. The molecule has 0 bridgehead atoms. The number of ether oxygens (including phenoxy) is 2. The van der Waals surface area contributed by atoms with E-state index >= 15 is 0 Å². The van der Waals surface area contributed by atoms with E-state index in [2.05, 4.69) is 20.8 Å². The Labute approximate surface area is 168 Å². The second kappa shape index (κ2) is 9.24. The van der Waals surface area contributed by atoms with Gasteiger partial charge in [-0.05, 0) is 42.6 Å². The first-order valence-electron chi connectivity index (χ1n) is 9.05. The summed E-state index contributed by atoms with van der Waals surface area (Å²) in [6.07, 6.45) is 1.66. The molecule has 1 heterocycles. The molecule has 0 amide bonds. The normalized spacial score (nSPS) is 17.5. The predicted octanol–water partition coefficient (Wildman–Crippen LogP) is 4.33. The van der Waals surface area contributed by atoms with Crippen LogP contribution in [0.4, 0.5) is 0 Å². The van der Waals surface area contributed by atoms with Crippen molar-refractivity contribution in [3.05, 3.63) is 58.1 Å². The third kappa shape index (κ3) is 5.23. The maximum absolute atomic E-state index is 11.3. The zero-order chi connectivity index (χ0) is 19.2. The third-order valence-corrected chi connectivity index (χ3v) is 5.56. The average molecular weight is 434 g/mol. The number of nitrogens with zero attached hydrogens (tertiary/aromatic N) is 1. The van der Waals surface area contributed by atoms with Crippen LogP contribution in [0, 0.1) is 5.92 Å². The molecule has 1 unspecified atom stereocenters. The van der Waals surface area contributed by atoms with Gasteiger partial charge in [0.2, 0.25) is 0 Å². The molecule has 1 aliphatic heterocycles. The van der Waals surface area contributed by atoms with Crippen LogP contribution in [0.3, 0.4) is 0 Å². The summed E-state index contributed by atoms with van der Waals surface area (Å²) >= 11 is 3.63. The summed E-state index contributed by atoms with van der Waals surface area (Å²) in [5.74, 6) is 0.365. The highest BCUT2D eigenvalue weighted by atomic mass is 79.9. The van der Waals surface area contributed by atoms with Gasteiger partial charge in [-0.1, -0.05) is 46.3 Å². The van der Waals surface area contributed by atoms with Crippen molar-refractivity contribution >= 4 is 21.9 Å². The van der Waals surface area contributed by atoms with E-state index in [1.54, 1.807) is 7.11 Å². The van der Waals surface area contributed by atoms with Crippen LogP contribution in [0.5, 0.6) is 11.5 Å². The van der Waals surface area contributed by atoms with Gasteiger partial charge in [-0.2, -0.15) is 0 Å². The lowest BCUT2D eigenvalue weighted by atomic mass is 9.98. The highest BCUT2D eigenvalue weighted by molar-refractivity contribution is 9.10. The van der Waals surface area contributed by atoms with Crippen LogP contribution in [-0.4, -0.2) is 36.2 Å². The molecule has 2 aromatic carbocycles. The Kier molecular flexibility index (Phi) is 6.74. The van der Waals surface area contributed by atoms with Crippen LogP contribution in [0.15, 0.2) is 46.9 Å². The van der Waals surface area contributed by atoms with Crippen molar-refractivity contribution in [3.8, 4) is 11.5 Å². The summed E-state index contributed by atoms with van der Waals surface area (Å²) in [6.45, 7) is 2.64. The minimum atomic E-state index is -0.707.